The van der Waals surface area contributed by atoms with Gasteiger partial charge in [0.25, 0.3) is 0 Å². The van der Waals surface area contributed by atoms with Crippen LogP contribution in [0.4, 0.5) is 4.39 Å². The number of sulfonamides is 1. The molecule has 6 nitrogen and oxygen atoms in total. The summed E-state index contributed by atoms with van der Waals surface area (Å²) in [6.07, 6.45) is 0. The summed E-state index contributed by atoms with van der Waals surface area (Å²) in [7, 11) is -4.06. The fourth-order valence-corrected chi connectivity index (χ4v) is 4.59. The first kappa shape index (κ1) is 22.4. The number of carbonyl (C=O) groups excluding carboxylic acids is 1. The average Bonchev–Trinajstić information content (AvgIpc) is 2.72. The van der Waals surface area contributed by atoms with Crippen LogP contribution in [0, 0.1) is 5.82 Å². The molecule has 30 heavy (non-hydrogen) atoms. The van der Waals surface area contributed by atoms with Crippen LogP contribution < -0.4 is 0 Å². The topological polar surface area (TPSA) is 72.9 Å². The van der Waals surface area contributed by atoms with Crippen molar-refractivity contribution in [2.24, 2.45) is 0 Å². The van der Waals surface area contributed by atoms with Gasteiger partial charge in [-0.05, 0) is 34.7 Å². The Bertz CT molecular complexity index is 1010. The van der Waals surface area contributed by atoms with E-state index < -0.39 is 26.7 Å². The number of hydrogen-bond acceptors (Lipinski definition) is 5. The maximum atomic E-state index is 14.3. The highest BCUT2D eigenvalue weighted by atomic mass is 32.2. The highest BCUT2D eigenvalue weighted by Crippen LogP contribution is 2.24. The van der Waals surface area contributed by atoms with Crippen LogP contribution in [0.2, 0.25) is 0 Å². The van der Waals surface area contributed by atoms with Gasteiger partial charge in [0.05, 0.1) is 18.8 Å². The Labute approximate surface area is 176 Å². The first-order chi connectivity index (χ1) is 14.1. The zero-order chi connectivity index (χ0) is 21.9. The van der Waals surface area contributed by atoms with Gasteiger partial charge in [-0.15, -0.1) is 0 Å². The molecule has 0 unspecified atom stereocenters. The monoisotopic (exact) mass is 435 g/mol. The number of hydrogen-bond donors (Lipinski definition) is 0. The molecule has 0 N–H and O–H groups in total. The maximum Gasteiger partial charge on any atom is 0.338 e. The average molecular weight is 436 g/mol. The van der Waals surface area contributed by atoms with Gasteiger partial charge in [0.2, 0.25) is 10.0 Å². The van der Waals surface area contributed by atoms with Crippen molar-refractivity contribution in [1.29, 1.82) is 0 Å². The van der Waals surface area contributed by atoms with Gasteiger partial charge in [0.15, 0.2) is 0 Å². The predicted octanol–water partition coefficient (Wildman–Crippen LogP) is 3.50. The highest BCUT2D eigenvalue weighted by Gasteiger charge is 2.30. The molecule has 0 spiro atoms. The summed E-state index contributed by atoms with van der Waals surface area (Å²) in [4.78, 5) is 11.9. The summed E-state index contributed by atoms with van der Waals surface area (Å²) in [6.45, 7) is 7.14. The van der Waals surface area contributed by atoms with E-state index in [0.29, 0.717) is 0 Å². The number of nitrogens with zero attached hydrogens (tertiary/aromatic N) is 1. The summed E-state index contributed by atoms with van der Waals surface area (Å²) in [5, 5.41) is 0. The number of rotatable bonds is 5. The van der Waals surface area contributed by atoms with E-state index in [4.69, 9.17) is 9.47 Å². The largest absolute Gasteiger partial charge is 0.457 e. The molecule has 0 bridgehead atoms. The van der Waals surface area contributed by atoms with Gasteiger partial charge >= 0.3 is 5.97 Å². The third kappa shape index (κ3) is 5.06. The van der Waals surface area contributed by atoms with E-state index in [-0.39, 0.29) is 43.9 Å². The van der Waals surface area contributed by atoms with Gasteiger partial charge in [0, 0.05) is 13.1 Å². The van der Waals surface area contributed by atoms with E-state index in [2.05, 4.69) is 20.8 Å². The molecule has 0 radical (unpaired) electrons. The molecule has 0 aromatic heterocycles. The molecular formula is C22H26FNO5S. The first-order valence-corrected chi connectivity index (χ1v) is 11.2. The standard InChI is InChI=1S/C22H26FNO5S/c1-22(2,3)18-7-4-16(5-8-18)15-29-21(25)17-6-9-19(23)20(14-17)30(26,27)24-10-12-28-13-11-24/h4-9,14H,10-13,15H2,1-3H3. The van der Waals surface area contributed by atoms with Crippen LogP contribution in [0.5, 0.6) is 0 Å². The van der Waals surface area contributed by atoms with Gasteiger partial charge in [-0.25, -0.2) is 17.6 Å². The molecule has 2 aromatic carbocycles. The minimum atomic E-state index is -4.06. The second-order valence-electron chi connectivity index (χ2n) is 8.18. The molecule has 1 heterocycles. The number of benzene rings is 2. The Kier molecular flexibility index (Phi) is 6.59. The molecule has 3 rings (SSSR count). The van der Waals surface area contributed by atoms with Crippen molar-refractivity contribution in [2.75, 3.05) is 26.3 Å². The smallest absolute Gasteiger partial charge is 0.338 e. The molecule has 0 amide bonds. The van der Waals surface area contributed by atoms with Gasteiger partial charge in [-0.1, -0.05) is 45.0 Å². The quantitative estimate of drug-likeness (QED) is 0.672. The van der Waals surface area contributed by atoms with Crippen molar-refractivity contribution < 1.29 is 27.1 Å². The van der Waals surface area contributed by atoms with Crippen LogP contribution in [-0.4, -0.2) is 45.0 Å². The molecule has 8 heteroatoms. The molecular weight excluding hydrogens is 409 g/mol. The zero-order valence-electron chi connectivity index (χ0n) is 17.4. The second-order valence-corrected chi connectivity index (χ2v) is 10.1. The summed E-state index contributed by atoms with van der Waals surface area (Å²) in [6, 6.07) is 11.0. The predicted molar refractivity (Wildman–Crippen MR) is 110 cm³/mol. The van der Waals surface area contributed by atoms with Crippen molar-refractivity contribution in [2.45, 2.75) is 37.7 Å². The van der Waals surface area contributed by atoms with Crippen LogP contribution in [0.1, 0.15) is 42.3 Å². The number of carbonyl (C=O) groups is 1. The second kappa shape index (κ2) is 8.83. The molecule has 0 atom stereocenters. The highest BCUT2D eigenvalue weighted by molar-refractivity contribution is 7.89. The third-order valence-electron chi connectivity index (χ3n) is 4.94. The Morgan fingerprint density at radius 3 is 2.33 bits per heavy atom. The minimum Gasteiger partial charge on any atom is -0.457 e. The van der Waals surface area contributed by atoms with Gasteiger partial charge in [-0.2, -0.15) is 4.31 Å². The summed E-state index contributed by atoms with van der Waals surface area (Å²) >= 11 is 0. The lowest BCUT2D eigenvalue weighted by Gasteiger charge is -2.26. The first-order valence-electron chi connectivity index (χ1n) is 9.73. The van der Waals surface area contributed by atoms with E-state index in [9.17, 15) is 17.6 Å². The van der Waals surface area contributed by atoms with Crippen molar-refractivity contribution in [3.63, 3.8) is 0 Å². The third-order valence-corrected chi connectivity index (χ3v) is 6.86. The Morgan fingerprint density at radius 2 is 1.73 bits per heavy atom. The van der Waals surface area contributed by atoms with E-state index in [1.54, 1.807) is 0 Å². The summed E-state index contributed by atoms with van der Waals surface area (Å²) in [5.74, 6) is -1.62. The number of ether oxygens (including phenoxy) is 2. The van der Waals surface area contributed by atoms with E-state index >= 15 is 0 Å². The van der Waals surface area contributed by atoms with Crippen LogP contribution in [0.25, 0.3) is 0 Å². The minimum absolute atomic E-state index is 0.0189. The van der Waals surface area contributed by atoms with Gasteiger partial charge < -0.3 is 9.47 Å². The number of morpholine rings is 1. The normalized spacial score (nSPS) is 15.7. The lowest BCUT2D eigenvalue weighted by Crippen LogP contribution is -2.41. The Balaban J connectivity index is 1.73. The molecule has 0 aliphatic carbocycles. The molecule has 2 aromatic rings. The van der Waals surface area contributed by atoms with Crippen molar-refractivity contribution in [3.05, 3.63) is 65.0 Å². The van der Waals surface area contributed by atoms with E-state index in [1.165, 1.54) is 6.07 Å². The van der Waals surface area contributed by atoms with Crippen LogP contribution >= 0.6 is 0 Å². The van der Waals surface area contributed by atoms with E-state index in [0.717, 1.165) is 27.6 Å². The maximum absolute atomic E-state index is 14.3. The fraction of sp³-hybridized carbons (Fsp3) is 0.409. The molecule has 1 saturated heterocycles. The van der Waals surface area contributed by atoms with Crippen LogP contribution in [0.3, 0.4) is 0 Å². The Morgan fingerprint density at radius 1 is 1.10 bits per heavy atom. The molecule has 0 saturated carbocycles. The number of esters is 1. The van der Waals surface area contributed by atoms with Crippen LogP contribution in [0.15, 0.2) is 47.4 Å². The number of halogens is 1. The lowest BCUT2D eigenvalue weighted by molar-refractivity contribution is 0.0472. The Hall–Kier alpha value is -2.29. The van der Waals surface area contributed by atoms with Gasteiger partial charge in [0.1, 0.15) is 17.3 Å². The molecule has 1 aliphatic heterocycles. The molecule has 162 valence electrons. The zero-order valence-corrected chi connectivity index (χ0v) is 18.2. The molecule has 1 fully saturated rings. The van der Waals surface area contributed by atoms with Crippen LogP contribution in [-0.2, 0) is 31.5 Å². The molecule has 1 aliphatic rings. The SMILES string of the molecule is CC(C)(C)c1ccc(COC(=O)c2ccc(F)c(S(=O)(=O)N3CCOCC3)c2)cc1. The summed E-state index contributed by atoms with van der Waals surface area (Å²) in [5.41, 5.74) is 1.97. The van der Waals surface area contributed by atoms with Crippen molar-refractivity contribution >= 4 is 16.0 Å². The van der Waals surface area contributed by atoms with E-state index in [1.807, 2.05) is 24.3 Å². The van der Waals surface area contributed by atoms with Crippen molar-refractivity contribution in [3.8, 4) is 0 Å². The van der Waals surface area contributed by atoms with Crippen molar-refractivity contribution in [1.82, 2.24) is 4.31 Å². The fourth-order valence-electron chi connectivity index (χ4n) is 3.09. The lowest BCUT2D eigenvalue weighted by atomic mass is 9.87. The summed E-state index contributed by atoms with van der Waals surface area (Å²) < 4.78 is 51.4. The van der Waals surface area contributed by atoms with Gasteiger partial charge in [-0.3, -0.25) is 0 Å².